The van der Waals surface area contributed by atoms with Gasteiger partial charge >= 0.3 is 6.09 Å². The highest BCUT2D eigenvalue weighted by Gasteiger charge is 2.30. The van der Waals surface area contributed by atoms with Crippen LogP contribution in [-0.2, 0) is 17.9 Å². The minimum Gasteiger partial charge on any atom is -0.445 e. The molecule has 0 spiro atoms. The fourth-order valence-corrected chi connectivity index (χ4v) is 3.15. The average Bonchev–Trinajstić information content (AvgIpc) is 3.01. The van der Waals surface area contributed by atoms with Crippen molar-refractivity contribution < 1.29 is 9.53 Å². The van der Waals surface area contributed by atoms with E-state index < -0.39 is 0 Å². The largest absolute Gasteiger partial charge is 0.445 e. The van der Waals surface area contributed by atoms with E-state index in [0.717, 1.165) is 24.9 Å². The molecule has 116 valence electrons. The number of carbonyl (C=O) groups is 1. The first-order chi connectivity index (χ1) is 10.8. The molecule has 1 aromatic carbocycles. The zero-order chi connectivity index (χ0) is 15.2. The van der Waals surface area contributed by atoms with E-state index in [4.69, 9.17) is 4.74 Å². The summed E-state index contributed by atoms with van der Waals surface area (Å²) in [4.78, 5) is 13.1. The molecule has 0 atom stereocenters. The van der Waals surface area contributed by atoms with Gasteiger partial charge in [0.1, 0.15) is 6.61 Å². The summed E-state index contributed by atoms with van der Waals surface area (Å²) in [7, 11) is 0. The van der Waals surface area contributed by atoms with Gasteiger partial charge in [0.15, 0.2) is 0 Å². The quantitative estimate of drug-likeness (QED) is 0.860. The van der Waals surface area contributed by atoms with Crippen LogP contribution < -0.4 is 10.6 Å². The molecule has 0 aliphatic heterocycles. The van der Waals surface area contributed by atoms with Crippen molar-refractivity contribution >= 4 is 17.4 Å². The first kappa shape index (κ1) is 15.1. The Balaban J connectivity index is 1.29. The summed E-state index contributed by atoms with van der Waals surface area (Å²) in [6, 6.07) is 14.6. The number of nitrogens with one attached hydrogen (secondary N) is 2. The minimum absolute atomic E-state index is 0.226. The summed E-state index contributed by atoms with van der Waals surface area (Å²) in [5, 5.41) is 8.50. The molecule has 22 heavy (non-hydrogen) atoms. The summed E-state index contributed by atoms with van der Waals surface area (Å²) in [6.45, 7) is 1.23. The number of amides is 1. The Bertz CT molecular complexity index is 580. The molecule has 4 nitrogen and oxygen atoms in total. The number of hydrogen-bond acceptors (Lipinski definition) is 4. The molecule has 1 fully saturated rings. The van der Waals surface area contributed by atoms with E-state index in [1.165, 1.54) is 4.88 Å². The van der Waals surface area contributed by atoms with Gasteiger partial charge in [-0.25, -0.2) is 4.79 Å². The van der Waals surface area contributed by atoms with Gasteiger partial charge in [0.25, 0.3) is 0 Å². The zero-order valence-electron chi connectivity index (χ0n) is 12.3. The molecule has 0 saturated heterocycles. The fraction of sp³-hybridized carbons (Fsp3) is 0.353. The molecule has 3 rings (SSSR count). The van der Waals surface area contributed by atoms with E-state index in [1.54, 1.807) is 11.3 Å². The van der Waals surface area contributed by atoms with Crippen molar-refractivity contribution in [1.29, 1.82) is 0 Å². The van der Waals surface area contributed by atoms with Gasteiger partial charge in [-0.15, -0.1) is 11.3 Å². The molecular weight excluding hydrogens is 296 g/mol. The Morgan fingerprint density at radius 3 is 2.68 bits per heavy atom. The molecule has 1 aliphatic rings. The van der Waals surface area contributed by atoms with E-state index >= 15 is 0 Å². The maximum absolute atomic E-state index is 11.7. The van der Waals surface area contributed by atoms with E-state index in [2.05, 4.69) is 28.1 Å². The Labute approximate surface area is 134 Å². The smallest absolute Gasteiger partial charge is 0.407 e. The third-order valence-corrected chi connectivity index (χ3v) is 4.69. The van der Waals surface area contributed by atoms with E-state index in [1.807, 2.05) is 30.3 Å². The number of rotatable bonds is 6. The monoisotopic (exact) mass is 316 g/mol. The van der Waals surface area contributed by atoms with Crippen molar-refractivity contribution in [1.82, 2.24) is 10.6 Å². The van der Waals surface area contributed by atoms with Crippen LogP contribution in [0, 0.1) is 0 Å². The molecule has 0 unspecified atom stereocenters. The molecule has 0 radical (unpaired) electrons. The maximum Gasteiger partial charge on any atom is 0.407 e. The van der Waals surface area contributed by atoms with E-state index in [-0.39, 0.29) is 12.1 Å². The number of hydrogen-bond donors (Lipinski definition) is 2. The summed E-state index contributed by atoms with van der Waals surface area (Å²) in [6.07, 6.45) is 1.60. The number of alkyl carbamates (subject to hydrolysis) is 1. The third kappa shape index (κ3) is 4.32. The molecule has 2 N–H and O–H groups in total. The fourth-order valence-electron chi connectivity index (χ4n) is 2.49. The van der Waals surface area contributed by atoms with Crippen LogP contribution in [0.3, 0.4) is 0 Å². The van der Waals surface area contributed by atoms with Gasteiger partial charge in [-0.3, -0.25) is 0 Å². The van der Waals surface area contributed by atoms with Crippen LogP contribution in [0.15, 0.2) is 47.8 Å². The van der Waals surface area contributed by atoms with Crippen LogP contribution in [0.4, 0.5) is 4.79 Å². The van der Waals surface area contributed by atoms with Crippen molar-refractivity contribution in [3.8, 4) is 0 Å². The van der Waals surface area contributed by atoms with Crippen molar-refractivity contribution in [3.63, 3.8) is 0 Å². The van der Waals surface area contributed by atoms with Crippen molar-refractivity contribution in [2.75, 3.05) is 0 Å². The Morgan fingerprint density at radius 1 is 1.14 bits per heavy atom. The van der Waals surface area contributed by atoms with Crippen LogP contribution in [0.1, 0.15) is 23.3 Å². The Hall–Kier alpha value is -1.85. The van der Waals surface area contributed by atoms with Gasteiger partial charge < -0.3 is 15.4 Å². The molecule has 1 heterocycles. The summed E-state index contributed by atoms with van der Waals surface area (Å²) in [5.41, 5.74) is 1.00. The Morgan fingerprint density at radius 2 is 1.95 bits per heavy atom. The summed E-state index contributed by atoms with van der Waals surface area (Å²) >= 11 is 1.76. The van der Waals surface area contributed by atoms with Crippen LogP contribution in [0.25, 0.3) is 0 Å². The lowest BCUT2D eigenvalue weighted by Gasteiger charge is -2.36. The van der Waals surface area contributed by atoms with Crippen molar-refractivity contribution in [2.24, 2.45) is 0 Å². The summed E-state index contributed by atoms with van der Waals surface area (Å²) in [5.74, 6) is 0. The molecule has 1 aliphatic carbocycles. The van der Waals surface area contributed by atoms with Gasteiger partial charge in [0.05, 0.1) is 0 Å². The second kappa shape index (κ2) is 7.42. The molecular formula is C17H20N2O2S. The van der Waals surface area contributed by atoms with Gasteiger partial charge in [-0.2, -0.15) is 0 Å². The second-order valence-corrected chi connectivity index (χ2v) is 6.56. The van der Waals surface area contributed by atoms with Crippen LogP contribution >= 0.6 is 11.3 Å². The number of ether oxygens (including phenoxy) is 1. The maximum atomic E-state index is 11.7. The first-order valence-electron chi connectivity index (χ1n) is 7.52. The predicted molar refractivity (Wildman–Crippen MR) is 87.7 cm³/mol. The molecule has 2 aromatic rings. The lowest BCUT2D eigenvalue weighted by Crippen LogP contribution is -2.52. The van der Waals surface area contributed by atoms with E-state index in [9.17, 15) is 4.79 Å². The Kier molecular flexibility index (Phi) is 5.08. The number of carbonyl (C=O) groups excluding carboxylic acids is 1. The van der Waals surface area contributed by atoms with Crippen molar-refractivity contribution in [3.05, 3.63) is 58.3 Å². The standard InChI is InChI=1S/C17H20N2O2S/c20-17(21-12-13-5-2-1-3-6-13)19-15-9-14(10-15)18-11-16-7-4-8-22-16/h1-8,14-15,18H,9-12H2,(H,19,20). The number of thiophene rings is 1. The average molecular weight is 316 g/mol. The number of benzene rings is 1. The van der Waals surface area contributed by atoms with Crippen LogP contribution in [0.2, 0.25) is 0 Å². The van der Waals surface area contributed by atoms with Gasteiger partial charge in [-0.05, 0) is 29.9 Å². The van der Waals surface area contributed by atoms with Crippen molar-refractivity contribution in [2.45, 2.75) is 38.1 Å². The topological polar surface area (TPSA) is 50.4 Å². The molecule has 5 heteroatoms. The van der Waals surface area contributed by atoms with Gasteiger partial charge in [0.2, 0.25) is 0 Å². The highest BCUT2D eigenvalue weighted by atomic mass is 32.1. The van der Waals surface area contributed by atoms with Crippen LogP contribution in [0.5, 0.6) is 0 Å². The zero-order valence-corrected chi connectivity index (χ0v) is 13.1. The lowest BCUT2D eigenvalue weighted by molar-refractivity contribution is 0.125. The minimum atomic E-state index is -0.328. The lowest BCUT2D eigenvalue weighted by atomic mass is 9.87. The summed E-state index contributed by atoms with van der Waals surface area (Å²) < 4.78 is 5.22. The van der Waals surface area contributed by atoms with Gasteiger partial charge in [-0.1, -0.05) is 36.4 Å². The molecule has 1 amide bonds. The highest BCUT2D eigenvalue weighted by molar-refractivity contribution is 7.09. The SMILES string of the molecule is O=C(NC1CC(NCc2cccs2)C1)OCc1ccccc1. The predicted octanol–water partition coefficient (Wildman–Crippen LogP) is 3.30. The molecule has 0 bridgehead atoms. The normalized spacial score (nSPS) is 20.2. The van der Waals surface area contributed by atoms with E-state index in [0.29, 0.717) is 12.6 Å². The second-order valence-electron chi connectivity index (χ2n) is 5.53. The van der Waals surface area contributed by atoms with Gasteiger partial charge in [0, 0.05) is 23.5 Å². The highest BCUT2D eigenvalue weighted by Crippen LogP contribution is 2.21. The molecule has 1 aromatic heterocycles. The van der Waals surface area contributed by atoms with Crippen LogP contribution in [-0.4, -0.2) is 18.2 Å². The molecule has 1 saturated carbocycles. The first-order valence-corrected chi connectivity index (χ1v) is 8.40. The third-order valence-electron chi connectivity index (χ3n) is 3.82.